The highest BCUT2D eigenvalue weighted by Crippen LogP contribution is 2.42. The molecule has 0 N–H and O–H groups in total. The summed E-state index contributed by atoms with van der Waals surface area (Å²) in [6.07, 6.45) is 0.536. The highest BCUT2D eigenvalue weighted by atomic mass is 16.5. The maximum Gasteiger partial charge on any atom is 0.265 e. The molecular formula is C34H34N2O6. The fourth-order valence-electron chi connectivity index (χ4n) is 5.27. The Bertz CT molecular complexity index is 1490. The second kappa shape index (κ2) is 13.1. The highest BCUT2D eigenvalue weighted by Gasteiger charge is 2.38. The second-order valence-corrected chi connectivity index (χ2v) is 9.95. The van der Waals surface area contributed by atoms with Crippen LogP contribution in [0.5, 0.6) is 23.0 Å². The van der Waals surface area contributed by atoms with Crippen molar-refractivity contribution in [2.75, 3.05) is 37.2 Å². The first kappa shape index (κ1) is 28.5. The van der Waals surface area contributed by atoms with Crippen molar-refractivity contribution >= 4 is 23.2 Å². The third-order valence-corrected chi connectivity index (χ3v) is 7.29. The fraction of sp³-hybridized carbons (Fsp3) is 0.235. The number of carbonyl (C=O) groups is 2. The van der Waals surface area contributed by atoms with Crippen LogP contribution in [0.25, 0.3) is 0 Å². The van der Waals surface area contributed by atoms with Crippen molar-refractivity contribution in [1.29, 1.82) is 0 Å². The molecule has 42 heavy (non-hydrogen) atoms. The SMILES string of the molecule is COc1ccc(OCC(=O)N(c2ccccc2)[C@@H]2C[C@H](C)N(C(=O)COc3ccc(OC)cc3)c3ccccc32)cc1. The zero-order valence-corrected chi connectivity index (χ0v) is 23.9. The maximum absolute atomic E-state index is 13.8. The van der Waals surface area contributed by atoms with Crippen molar-refractivity contribution in [3.63, 3.8) is 0 Å². The Kier molecular flexibility index (Phi) is 8.92. The lowest BCUT2D eigenvalue weighted by molar-refractivity contribution is -0.121. The highest BCUT2D eigenvalue weighted by molar-refractivity contribution is 5.99. The number of nitrogens with zero attached hydrogens (tertiary/aromatic N) is 2. The zero-order chi connectivity index (χ0) is 29.5. The third kappa shape index (κ3) is 6.33. The molecule has 0 aliphatic carbocycles. The van der Waals surface area contributed by atoms with Gasteiger partial charge in [0, 0.05) is 17.4 Å². The number of methoxy groups -OCH3 is 2. The molecule has 0 aromatic heterocycles. The number of benzene rings is 4. The van der Waals surface area contributed by atoms with Crippen molar-refractivity contribution < 1.29 is 28.5 Å². The Morgan fingerprint density at radius 3 is 1.83 bits per heavy atom. The second-order valence-electron chi connectivity index (χ2n) is 9.95. The van der Waals surface area contributed by atoms with Gasteiger partial charge in [0.05, 0.1) is 20.3 Å². The van der Waals surface area contributed by atoms with E-state index in [0.717, 1.165) is 16.9 Å². The summed E-state index contributed by atoms with van der Waals surface area (Å²) < 4.78 is 22.1. The van der Waals surface area contributed by atoms with Crippen LogP contribution in [0, 0.1) is 0 Å². The number of hydrogen-bond donors (Lipinski definition) is 0. The van der Waals surface area contributed by atoms with Gasteiger partial charge in [0.1, 0.15) is 23.0 Å². The van der Waals surface area contributed by atoms with Gasteiger partial charge < -0.3 is 28.7 Å². The predicted molar refractivity (Wildman–Crippen MR) is 162 cm³/mol. The number of anilines is 2. The molecule has 2 amide bonds. The van der Waals surface area contributed by atoms with Crippen LogP contribution < -0.4 is 28.7 Å². The molecule has 8 heteroatoms. The van der Waals surface area contributed by atoms with Crippen LogP contribution in [-0.2, 0) is 9.59 Å². The van der Waals surface area contributed by atoms with Crippen LogP contribution in [0.15, 0.2) is 103 Å². The van der Waals surface area contributed by atoms with Crippen molar-refractivity contribution in [3.05, 3.63) is 109 Å². The Morgan fingerprint density at radius 2 is 1.24 bits per heavy atom. The molecule has 0 spiro atoms. The number of ether oxygens (including phenoxy) is 4. The lowest BCUT2D eigenvalue weighted by atomic mass is 9.90. The predicted octanol–water partition coefficient (Wildman–Crippen LogP) is 6.06. The van der Waals surface area contributed by atoms with Gasteiger partial charge in [-0.3, -0.25) is 9.59 Å². The van der Waals surface area contributed by atoms with E-state index in [9.17, 15) is 9.59 Å². The van der Waals surface area contributed by atoms with Crippen molar-refractivity contribution in [2.24, 2.45) is 0 Å². The molecule has 2 atom stereocenters. The first-order chi connectivity index (χ1) is 20.5. The number of para-hydroxylation sites is 2. The first-order valence-corrected chi connectivity index (χ1v) is 13.8. The van der Waals surface area contributed by atoms with E-state index in [1.807, 2.05) is 61.5 Å². The summed E-state index contributed by atoms with van der Waals surface area (Å²) in [6, 6.07) is 31.0. The lowest BCUT2D eigenvalue weighted by Crippen LogP contribution is -2.49. The number of carbonyl (C=O) groups excluding carboxylic acids is 2. The third-order valence-electron chi connectivity index (χ3n) is 7.29. The molecule has 0 saturated carbocycles. The van der Waals surface area contributed by atoms with Gasteiger partial charge in [-0.25, -0.2) is 0 Å². The summed E-state index contributed by atoms with van der Waals surface area (Å²) in [4.78, 5) is 30.9. The number of hydrogen-bond acceptors (Lipinski definition) is 6. The van der Waals surface area contributed by atoms with E-state index < -0.39 is 0 Å². The molecule has 5 rings (SSSR count). The largest absolute Gasteiger partial charge is 0.497 e. The van der Waals surface area contributed by atoms with Gasteiger partial charge in [-0.2, -0.15) is 0 Å². The van der Waals surface area contributed by atoms with Gasteiger partial charge >= 0.3 is 0 Å². The molecule has 8 nitrogen and oxygen atoms in total. The minimum Gasteiger partial charge on any atom is -0.497 e. The molecule has 4 aromatic carbocycles. The standard InChI is InChI=1S/C34H34N2O6/c1-24-21-32(36(25-9-5-4-6-10-25)34(38)23-42-29-19-15-27(40-3)16-20-29)30-11-7-8-12-31(30)35(24)33(37)22-41-28-17-13-26(39-2)14-18-28/h4-20,24,32H,21-23H2,1-3H3/t24-,32+/m0/s1. The summed E-state index contributed by atoms with van der Waals surface area (Å²) in [6.45, 7) is 1.73. The van der Waals surface area contributed by atoms with Gasteiger partial charge in [0.25, 0.3) is 11.8 Å². The Balaban J connectivity index is 1.39. The van der Waals surface area contributed by atoms with Gasteiger partial charge in [-0.1, -0.05) is 36.4 Å². The quantitative estimate of drug-likeness (QED) is 0.232. The Labute approximate surface area is 246 Å². The Morgan fingerprint density at radius 1 is 0.714 bits per heavy atom. The summed E-state index contributed by atoms with van der Waals surface area (Å²) in [5, 5.41) is 0. The molecule has 0 fully saturated rings. The molecule has 1 aliphatic heterocycles. The van der Waals surface area contributed by atoms with E-state index in [4.69, 9.17) is 18.9 Å². The summed E-state index contributed by atoms with van der Waals surface area (Å²) in [5.74, 6) is 2.23. The van der Waals surface area contributed by atoms with Crippen LogP contribution in [-0.4, -0.2) is 45.3 Å². The van der Waals surface area contributed by atoms with E-state index in [1.54, 1.807) is 72.6 Å². The van der Waals surface area contributed by atoms with E-state index in [1.165, 1.54) is 0 Å². The van der Waals surface area contributed by atoms with E-state index >= 15 is 0 Å². The number of amides is 2. The van der Waals surface area contributed by atoms with Gasteiger partial charge in [-0.05, 0) is 85.6 Å². The molecule has 4 aromatic rings. The molecule has 0 bridgehead atoms. The van der Waals surface area contributed by atoms with Crippen LogP contribution in [0.4, 0.5) is 11.4 Å². The normalized spacial score (nSPS) is 15.7. The van der Waals surface area contributed by atoms with Gasteiger partial charge in [0.15, 0.2) is 13.2 Å². The summed E-state index contributed by atoms with van der Waals surface area (Å²) in [7, 11) is 3.20. The minimum absolute atomic E-state index is 0.118. The van der Waals surface area contributed by atoms with Gasteiger partial charge in [0.2, 0.25) is 0 Å². The lowest BCUT2D eigenvalue weighted by Gasteiger charge is -2.43. The minimum atomic E-state index is -0.308. The Hall–Kier alpha value is -4.98. The molecule has 1 aliphatic rings. The topological polar surface area (TPSA) is 77.5 Å². The first-order valence-electron chi connectivity index (χ1n) is 13.8. The monoisotopic (exact) mass is 566 g/mol. The number of rotatable bonds is 10. The van der Waals surface area contributed by atoms with Crippen LogP contribution >= 0.6 is 0 Å². The van der Waals surface area contributed by atoms with E-state index in [-0.39, 0.29) is 37.1 Å². The van der Waals surface area contributed by atoms with Crippen molar-refractivity contribution in [2.45, 2.75) is 25.4 Å². The number of fused-ring (bicyclic) bond motifs is 1. The van der Waals surface area contributed by atoms with Crippen molar-refractivity contribution in [3.8, 4) is 23.0 Å². The van der Waals surface area contributed by atoms with E-state index in [0.29, 0.717) is 29.4 Å². The zero-order valence-electron chi connectivity index (χ0n) is 23.9. The average Bonchev–Trinajstić information content (AvgIpc) is 3.03. The molecular weight excluding hydrogens is 532 g/mol. The molecule has 216 valence electrons. The van der Waals surface area contributed by atoms with E-state index in [2.05, 4.69) is 0 Å². The summed E-state index contributed by atoms with van der Waals surface area (Å²) in [5.41, 5.74) is 2.40. The maximum atomic E-state index is 13.8. The van der Waals surface area contributed by atoms with Crippen LogP contribution in [0.1, 0.15) is 24.9 Å². The molecule has 0 unspecified atom stereocenters. The fourth-order valence-corrected chi connectivity index (χ4v) is 5.27. The van der Waals surface area contributed by atoms with Crippen molar-refractivity contribution in [1.82, 2.24) is 0 Å². The molecule has 0 saturated heterocycles. The molecule has 0 radical (unpaired) electrons. The summed E-state index contributed by atoms with van der Waals surface area (Å²) >= 11 is 0. The molecule has 1 heterocycles. The average molecular weight is 567 g/mol. The smallest absolute Gasteiger partial charge is 0.265 e. The van der Waals surface area contributed by atoms with Crippen LogP contribution in [0.2, 0.25) is 0 Å². The van der Waals surface area contributed by atoms with Crippen LogP contribution in [0.3, 0.4) is 0 Å². The van der Waals surface area contributed by atoms with Gasteiger partial charge in [-0.15, -0.1) is 0 Å².